The van der Waals surface area contributed by atoms with E-state index in [-0.39, 0.29) is 11.9 Å². The van der Waals surface area contributed by atoms with Crippen molar-refractivity contribution in [3.05, 3.63) is 29.8 Å². The van der Waals surface area contributed by atoms with Crippen molar-refractivity contribution in [2.45, 2.75) is 52.0 Å². The van der Waals surface area contributed by atoms with E-state index in [1.807, 2.05) is 13.8 Å². The Kier molecular flexibility index (Phi) is 6.90. The lowest BCUT2D eigenvalue weighted by atomic mass is 9.89. The van der Waals surface area contributed by atoms with Gasteiger partial charge in [-0.15, -0.1) is 0 Å². The second kappa shape index (κ2) is 8.92. The summed E-state index contributed by atoms with van der Waals surface area (Å²) in [7, 11) is 0. The Morgan fingerprint density at radius 2 is 1.91 bits per heavy atom. The van der Waals surface area contributed by atoms with E-state index in [2.05, 4.69) is 29.2 Å². The number of piperidine rings is 1. The van der Waals surface area contributed by atoms with Gasteiger partial charge in [-0.3, -0.25) is 9.69 Å². The molecule has 128 valence electrons. The average Bonchev–Trinajstić information content (AvgIpc) is 2.56. The second-order valence-electron chi connectivity index (χ2n) is 6.42. The van der Waals surface area contributed by atoms with Gasteiger partial charge < -0.3 is 10.5 Å². The maximum Gasteiger partial charge on any atom is 0.234 e. The quantitative estimate of drug-likeness (QED) is 0.801. The lowest BCUT2D eigenvalue weighted by molar-refractivity contribution is -0.124. The van der Waals surface area contributed by atoms with Crippen molar-refractivity contribution in [3.8, 4) is 5.75 Å². The molecule has 1 aliphatic rings. The van der Waals surface area contributed by atoms with Crippen LogP contribution >= 0.6 is 0 Å². The molecular weight excluding hydrogens is 288 g/mol. The first kappa shape index (κ1) is 17.8. The molecule has 0 aromatic heterocycles. The number of nitrogens with two attached hydrogens (primary N) is 1. The van der Waals surface area contributed by atoms with Gasteiger partial charge in [0.1, 0.15) is 5.75 Å². The number of nitrogens with zero attached hydrogens (tertiary/aromatic N) is 1. The number of benzene rings is 1. The molecule has 1 heterocycles. The van der Waals surface area contributed by atoms with Gasteiger partial charge in [-0.05, 0) is 75.7 Å². The summed E-state index contributed by atoms with van der Waals surface area (Å²) in [5.74, 6) is 1.52. The second-order valence-corrected chi connectivity index (χ2v) is 6.42. The maximum atomic E-state index is 11.5. The molecule has 1 aromatic rings. The van der Waals surface area contributed by atoms with Crippen LogP contribution < -0.4 is 10.5 Å². The monoisotopic (exact) mass is 318 g/mol. The topological polar surface area (TPSA) is 55.6 Å². The zero-order chi connectivity index (χ0) is 16.7. The largest absolute Gasteiger partial charge is 0.494 e. The Morgan fingerprint density at radius 1 is 1.26 bits per heavy atom. The summed E-state index contributed by atoms with van der Waals surface area (Å²) < 4.78 is 5.48. The van der Waals surface area contributed by atoms with E-state index in [9.17, 15) is 4.79 Å². The van der Waals surface area contributed by atoms with Crippen LogP contribution in [0.15, 0.2) is 24.3 Å². The number of hydrogen-bond acceptors (Lipinski definition) is 3. The van der Waals surface area contributed by atoms with Crippen molar-refractivity contribution >= 4 is 5.91 Å². The first-order valence-electron chi connectivity index (χ1n) is 8.89. The smallest absolute Gasteiger partial charge is 0.234 e. The summed E-state index contributed by atoms with van der Waals surface area (Å²) in [6.07, 6.45) is 5.48. The lowest BCUT2D eigenvalue weighted by Gasteiger charge is -2.35. The molecule has 4 heteroatoms. The normalized spacial score (nSPS) is 17.8. The first-order valence-corrected chi connectivity index (χ1v) is 8.89. The molecule has 1 atom stereocenters. The Labute approximate surface area is 140 Å². The minimum atomic E-state index is -0.180. The van der Waals surface area contributed by atoms with Crippen LogP contribution in [0.1, 0.15) is 45.1 Å². The van der Waals surface area contributed by atoms with Crippen molar-refractivity contribution in [3.63, 3.8) is 0 Å². The van der Waals surface area contributed by atoms with Gasteiger partial charge in [0.15, 0.2) is 0 Å². The van der Waals surface area contributed by atoms with Gasteiger partial charge in [-0.2, -0.15) is 0 Å². The van der Waals surface area contributed by atoms with Gasteiger partial charge in [0.05, 0.1) is 12.6 Å². The molecule has 1 aromatic carbocycles. The fourth-order valence-electron chi connectivity index (χ4n) is 3.48. The van der Waals surface area contributed by atoms with E-state index in [4.69, 9.17) is 10.5 Å². The molecule has 0 aliphatic carbocycles. The van der Waals surface area contributed by atoms with Crippen LogP contribution in [-0.2, 0) is 11.2 Å². The van der Waals surface area contributed by atoms with Gasteiger partial charge >= 0.3 is 0 Å². The third-order valence-electron chi connectivity index (χ3n) is 4.88. The van der Waals surface area contributed by atoms with Crippen LogP contribution in [0.5, 0.6) is 5.75 Å². The van der Waals surface area contributed by atoms with Crippen LogP contribution in [0.25, 0.3) is 0 Å². The molecule has 0 saturated carbocycles. The number of carbonyl (C=O) groups is 1. The Balaban J connectivity index is 1.75. The van der Waals surface area contributed by atoms with Crippen LogP contribution in [0.2, 0.25) is 0 Å². The summed E-state index contributed by atoms with van der Waals surface area (Å²) in [6, 6.07) is 8.36. The number of primary amides is 1. The van der Waals surface area contributed by atoms with Crippen LogP contribution in [0, 0.1) is 5.92 Å². The summed E-state index contributed by atoms with van der Waals surface area (Å²) in [5.41, 5.74) is 6.86. The number of ether oxygens (including phenoxy) is 1. The molecular formula is C19H30N2O2. The van der Waals surface area contributed by atoms with Gasteiger partial charge in [-0.1, -0.05) is 19.1 Å². The van der Waals surface area contributed by atoms with Crippen LogP contribution in [0.4, 0.5) is 0 Å². The minimum absolute atomic E-state index is 0.0814. The standard InChI is InChI=1S/C19H30N2O2/c1-3-18(19(20)22)21-13-11-16(12-14-21)6-5-15-7-9-17(10-8-15)23-4-2/h7-10,16,18H,3-6,11-14H2,1-2H3,(H2,20,22). The third kappa shape index (κ3) is 5.24. The summed E-state index contributed by atoms with van der Waals surface area (Å²) in [5, 5.41) is 0. The van der Waals surface area contributed by atoms with Crippen molar-refractivity contribution in [1.82, 2.24) is 4.90 Å². The van der Waals surface area contributed by atoms with E-state index >= 15 is 0 Å². The molecule has 1 unspecified atom stereocenters. The lowest BCUT2D eigenvalue weighted by Crippen LogP contribution is -2.47. The molecule has 0 radical (unpaired) electrons. The molecule has 1 fully saturated rings. The third-order valence-corrected chi connectivity index (χ3v) is 4.88. The molecule has 0 bridgehead atoms. The van der Waals surface area contributed by atoms with Crippen LogP contribution in [0.3, 0.4) is 0 Å². The summed E-state index contributed by atoms with van der Waals surface area (Å²) in [4.78, 5) is 13.7. The van der Waals surface area contributed by atoms with Gasteiger partial charge in [0.2, 0.25) is 5.91 Å². The minimum Gasteiger partial charge on any atom is -0.494 e. The SMILES string of the molecule is CCOc1ccc(CCC2CCN(C(CC)C(N)=O)CC2)cc1. The van der Waals surface area contributed by atoms with E-state index in [1.54, 1.807) is 0 Å². The molecule has 1 aliphatic heterocycles. The number of hydrogen-bond donors (Lipinski definition) is 1. The van der Waals surface area contributed by atoms with E-state index in [1.165, 1.54) is 24.8 Å². The van der Waals surface area contributed by atoms with E-state index in [0.29, 0.717) is 6.61 Å². The first-order chi connectivity index (χ1) is 11.1. The fourth-order valence-corrected chi connectivity index (χ4v) is 3.48. The molecule has 23 heavy (non-hydrogen) atoms. The van der Waals surface area contributed by atoms with Crippen molar-refractivity contribution in [2.24, 2.45) is 11.7 Å². The highest BCUT2D eigenvalue weighted by atomic mass is 16.5. The van der Waals surface area contributed by atoms with Crippen molar-refractivity contribution in [2.75, 3.05) is 19.7 Å². The number of amides is 1. The van der Waals surface area contributed by atoms with Gasteiger partial charge in [-0.25, -0.2) is 0 Å². The van der Waals surface area contributed by atoms with Crippen molar-refractivity contribution < 1.29 is 9.53 Å². The van der Waals surface area contributed by atoms with Crippen molar-refractivity contribution in [1.29, 1.82) is 0 Å². The molecule has 2 rings (SSSR count). The fraction of sp³-hybridized carbons (Fsp3) is 0.632. The Hall–Kier alpha value is -1.55. The highest BCUT2D eigenvalue weighted by molar-refractivity contribution is 5.79. The molecule has 2 N–H and O–H groups in total. The Bertz CT molecular complexity index is 479. The average molecular weight is 318 g/mol. The Morgan fingerprint density at radius 3 is 2.43 bits per heavy atom. The zero-order valence-electron chi connectivity index (χ0n) is 14.5. The summed E-state index contributed by atoms with van der Waals surface area (Å²) in [6.45, 7) is 6.74. The van der Waals surface area contributed by atoms with E-state index in [0.717, 1.165) is 37.6 Å². The highest BCUT2D eigenvalue weighted by Gasteiger charge is 2.26. The van der Waals surface area contributed by atoms with Gasteiger partial charge in [0.25, 0.3) is 0 Å². The molecule has 0 spiro atoms. The zero-order valence-corrected chi connectivity index (χ0v) is 14.5. The van der Waals surface area contributed by atoms with E-state index < -0.39 is 0 Å². The number of carbonyl (C=O) groups excluding carboxylic acids is 1. The summed E-state index contributed by atoms with van der Waals surface area (Å²) >= 11 is 0. The predicted octanol–water partition coefficient (Wildman–Crippen LogP) is 2.99. The molecule has 4 nitrogen and oxygen atoms in total. The maximum absolute atomic E-state index is 11.5. The number of aryl methyl sites for hydroxylation is 1. The van der Waals surface area contributed by atoms with Crippen LogP contribution in [-0.4, -0.2) is 36.5 Å². The number of rotatable bonds is 8. The number of likely N-dealkylation sites (tertiary alicyclic amines) is 1. The predicted molar refractivity (Wildman–Crippen MR) is 93.5 cm³/mol. The van der Waals surface area contributed by atoms with Gasteiger partial charge in [0, 0.05) is 0 Å². The highest BCUT2D eigenvalue weighted by Crippen LogP contribution is 2.24. The molecule has 1 amide bonds. The molecule has 1 saturated heterocycles.